The van der Waals surface area contributed by atoms with Crippen molar-refractivity contribution in [2.24, 2.45) is 11.7 Å². The molecule has 172 valence electrons. The summed E-state index contributed by atoms with van der Waals surface area (Å²) in [7, 11) is 0. The van der Waals surface area contributed by atoms with Gasteiger partial charge in [0.2, 0.25) is 12.2 Å². The number of hydrogen-bond acceptors (Lipinski definition) is 8. The molecule has 33 heavy (non-hydrogen) atoms. The van der Waals surface area contributed by atoms with E-state index in [4.69, 9.17) is 15.8 Å². The largest absolute Gasteiger partial charge is 0.364 e. The van der Waals surface area contributed by atoms with Crippen molar-refractivity contribution < 1.29 is 27.6 Å². The average Bonchev–Trinajstić information content (AvgIpc) is 3.31. The Kier molecular flexibility index (Phi) is 6.10. The summed E-state index contributed by atoms with van der Waals surface area (Å²) in [4.78, 5) is 41.7. The number of alkyl halides is 3. The van der Waals surface area contributed by atoms with Gasteiger partial charge in [-0.1, -0.05) is 0 Å². The van der Waals surface area contributed by atoms with Crippen molar-refractivity contribution in [3.8, 4) is 6.07 Å². The highest BCUT2D eigenvalue weighted by atomic mass is 19.2. The molecule has 4 unspecified atom stereocenters. The lowest BCUT2D eigenvalue weighted by Crippen LogP contribution is -2.59. The Morgan fingerprint density at radius 3 is 2.79 bits per heavy atom. The third-order valence-electron chi connectivity index (χ3n) is 5.50. The van der Waals surface area contributed by atoms with Crippen molar-refractivity contribution in [1.29, 1.82) is 5.26 Å². The Hall–Kier alpha value is -3.79. The zero-order chi connectivity index (χ0) is 23.7. The van der Waals surface area contributed by atoms with Gasteiger partial charge in [-0.25, -0.2) is 28.2 Å². The molecule has 2 aromatic heterocycles. The summed E-state index contributed by atoms with van der Waals surface area (Å²) in [5, 5.41) is 9.89. The highest BCUT2D eigenvalue weighted by molar-refractivity contribution is 5.90. The summed E-state index contributed by atoms with van der Waals surface area (Å²) in [5.74, 6) is -4.39. The molecule has 0 spiro atoms. The number of hydrogen-bond donors (Lipinski definition) is 1. The molecule has 0 radical (unpaired) electrons. The third-order valence-corrected chi connectivity index (χ3v) is 5.50. The maximum absolute atomic E-state index is 15.1. The van der Waals surface area contributed by atoms with Crippen molar-refractivity contribution in [3.63, 3.8) is 0 Å². The number of piperidine rings is 1. The van der Waals surface area contributed by atoms with Crippen LogP contribution < -0.4 is 10.6 Å². The first-order valence-electron chi connectivity index (χ1n) is 9.94. The lowest BCUT2D eigenvalue weighted by Gasteiger charge is -2.40. The number of nitriles is 1. The van der Waals surface area contributed by atoms with E-state index < -0.39 is 54.9 Å². The minimum atomic E-state index is -2.57. The second kappa shape index (κ2) is 8.99. The molecule has 10 nitrogen and oxygen atoms in total. The fourth-order valence-corrected chi connectivity index (χ4v) is 3.89. The number of pyridine rings is 1. The Morgan fingerprint density at radius 1 is 1.27 bits per heavy atom. The highest BCUT2D eigenvalue weighted by Gasteiger charge is 2.52. The van der Waals surface area contributed by atoms with E-state index in [1.165, 1.54) is 24.5 Å². The first kappa shape index (κ1) is 22.4. The number of nitrogens with two attached hydrogens (primary N) is 1. The van der Waals surface area contributed by atoms with Gasteiger partial charge in [0, 0.05) is 25.0 Å². The molecule has 2 aliphatic heterocycles. The Morgan fingerprint density at radius 2 is 2.06 bits per heavy atom. The number of aromatic nitrogens is 3. The number of anilines is 1. The molecule has 0 bridgehead atoms. The van der Waals surface area contributed by atoms with Gasteiger partial charge >= 0.3 is 0 Å². The Labute approximate surface area is 185 Å². The van der Waals surface area contributed by atoms with E-state index in [0.29, 0.717) is 16.9 Å². The molecule has 2 fully saturated rings. The zero-order valence-corrected chi connectivity index (χ0v) is 17.0. The number of amides is 2. The summed E-state index contributed by atoms with van der Waals surface area (Å²) >= 11 is 0. The van der Waals surface area contributed by atoms with Gasteiger partial charge in [0.25, 0.3) is 11.8 Å². The Balaban J connectivity index is 1.56. The maximum Gasteiger partial charge on any atom is 0.267 e. The molecule has 4 heterocycles. The van der Waals surface area contributed by atoms with Crippen LogP contribution >= 0.6 is 0 Å². The first-order valence-corrected chi connectivity index (χ1v) is 9.94. The number of rotatable bonds is 4. The van der Waals surface area contributed by atoms with E-state index in [2.05, 4.69) is 15.0 Å². The van der Waals surface area contributed by atoms with Gasteiger partial charge in [0.05, 0.1) is 24.8 Å². The van der Waals surface area contributed by atoms with Crippen LogP contribution in [0.4, 0.5) is 19.1 Å². The smallest absolute Gasteiger partial charge is 0.267 e. The predicted molar refractivity (Wildman–Crippen MR) is 105 cm³/mol. The van der Waals surface area contributed by atoms with Crippen LogP contribution in [-0.4, -0.2) is 63.6 Å². The summed E-state index contributed by atoms with van der Waals surface area (Å²) in [6.45, 7) is -0.642. The van der Waals surface area contributed by atoms with Crippen molar-refractivity contribution in [1.82, 2.24) is 20.0 Å². The number of primary amides is 1. The average molecular weight is 461 g/mol. The lowest BCUT2D eigenvalue weighted by atomic mass is 9.90. The molecule has 2 amide bonds. The zero-order valence-electron chi connectivity index (χ0n) is 17.0. The monoisotopic (exact) mass is 461 g/mol. The topological polar surface area (TPSA) is 138 Å². The fourth-order valence-electron chi connectivity index (χ4n) is 3.89. The highest BCUT2D eigenvalue weighted by Crippen LogP contribution is 2.37. The molecule has 2 saturated heterocycles. The van der Waals surface area contributed by atoms with E-state index in [1.54, 1.807) is 0 Å². The lowest BCUT2D eigenvalue weighted by molar-refractivity contribution is -0.189. The summed E-state index contributed by atoms with van der Waals surface area (Å²) in [5.41, 5.74) is 5.58. The fraction of sp³-hybridized carbons (Fsp3) is 0.400. The molecule has 0 saturated carbocycles. The van der Waals surface area contributed by atoms with Crippen LogP contribution in [0.25, 0.3) is 0 Å². The molecular formula is C20H18F3N7O3. The molecule has 2 N–H and O–H groups in total. The van der Waals surface area contributed by atoms with Crippen LogP contribution in [0.1, 0.15) is 34.1 Å². The van der Waals surface area contributed by atoms with Crippen molar-refractivity contribution >= 4 is 17.8 Å². The number of carbonyl (C=O) groups is 2. The predicted octanol–water partition coefficient (Wildman–Crippen LogP) is 1.16. The Bertz CT molecular complexity index is 1110. The quantitative estimate of drug-likeness (QED) is 0.670. The molecular weight excluding hydrogens is 443 g/mol. The van der Waals surface area contributed by atoms with Crippen LogP contribution in [0, 0.1) is 17.2 Å². The molecule has 2 aliphatic rings. The normalized spacial score (nSPS) is 27.3. The molecule has 13 heteroatoms. The van der Waals surface area contributed by atoms with Gasteiger partial charge in [0.1, 0.15) is 23.9 Å². The SMILES string of the molecule is N#Cc1cncc([C@@H]2CCON2C(=O)C2C(F)CN(c3nccc(C(N)=O)n3)C(F)C2F)c1. The summed E-state index contributed by atoms with van der Waals surface area (Å²) in [6.07, 6.45) is -2.99. The first-order chi connectivity index (χ1) is 15.8. The maximum atomic E-state index is 15.1. The number of halogens is 3. The van der Waals surface area contributed by atoms with Crippen LogP contribution in [0.5, 0.6) is 0 Å². The van der Waals surface area contributed by atoms with E-state index in [9.17, 15) is 14.0 Å². The van der Waals surface area contributed by atoms with Crippen LogP contribution in [-0.2, 0) is 9.63 Å². The minimum absolute atomic E-state index is 0.0900. The second-order valence-electron chi connectivity index (χ2n) is 7.54. The van der Waals surface area contributed by atoms with Crippen LogP contribution in [0.2, 0.25) is 0 Å². The number of carbonyl (C=O) groups excluding carboxylic acids is 2. The van der Waals surface area contributed by atoms with Crippen molar-refractivity contribution in [2.75, 3.05) is 18.1 Å². The number of hydroxylamine groups is 2. The van der Waals surface area contributed by atoms with E-state index >= 15 is 8.78 Å². The van der Waals surface area contributed by atoms with E-state index in [0.717, 1.165) is 11.3 Å². The van der Waals surface area contributed by atoms with Gasteiger partial charge in [-0.3, -0.25) is 19.4 Å². The molecule has 5 atom stereocenters. The number of nitrogens with zero attached hydrogens (tertiary/aromatic N) is 6. The second-order valence-corrected chi connectivity index (χ2v) is 7.54. The molecule has 2 aromatic rings. The molecule has 0 aliphatic carbocycles. The van der Waals surface area contributed by atoms with Gasteiger partial charge in [0.15, 0.2) is 6.17 Å². The minimum Gasteiger partial charge on any atom is -0.364 e. The molecule has 4 rings (SSSR count). The third kappa shape index (κ3) is 4.17. The van der Waals surface area contributed by atoms with E-state index in [1.807, 2.05) is 6.07 Å². The van der Waals surface area contributed by atoms with Crippen LogP contribution in [0.3, 0.4) is 0 Å². The van der Waals surface area contributed by atoms with E-state index in [-0.39, 0.29) is 17.9 Å². The summed E-state index contributed by atoms with van der Waals surface area (Å²) in [6, 6.07) is 3.87. The van der Waals surface area contributed by atoms with Gasteiger partial charge in [-0.2, -0.15) is 5.26 Å². The molecule has 0 aromatic carbocycles. The van der Waals surface area contributed by atoms with Crippen molar-refractivity contribution in [2.45, 2.75) is 31.1 Å². The van der Waals surface area contributed by atoms with Gasteiger partial charge in [-0.05, 0) is 17.7 Å². The summed E-state index contributed by atoms with van der Waals surface area (Å²) < 4.78 is 45.1. The standard InChI is InChI=1S/C20H18F3N7O3/c21-12-9-29(20-27-3-1-13(28-20)18(25)31)17(23)16(22)15(12)19(32)30-14(2-4-33-30)11-5-10(6-24)7-26-8-11/h1,3,5,7-8,12,14-17H,2,4,9H2,(H2,25,31)/t12?,14-,15?,16?,17?/m0/s1. The van der Waals surface area contributed by atoms with Crippen molar-refractivity contribution in [3.05, 3.63) is 47.5 Å². The van der Waals surface area contributed by atoms with Crippen LogP contribution in [0.15, 0.2) is 30.7 Å². The van der Waals surface area contributed by atoms with Gasteiger partial charge < -0.3 is 10.6 Å². The van der Waals surface area contributed by atoms with Gasteiger partial charge in [-0.15, -0.1) is 0 Å².